The highest BCUT2D eigenvalue weighted by Crippen LogP contribution is 2.19. The maximum atomic E-state index is 12.0. The second kappa shape index (κ2) is 7.54. The van der Waals surface area contributed by atoms with Gasteiger partial charge in [-0.15, -0.1) is 0 Å². The van der Waals surface area contributed by atoms with Gasteiger partial charge in [0, 0.05) is 24.5 Å². The smallest absolute Gasteiger partial charge is 0.241 e. The minimum Gasteiger partial charge on any atom is -0.372 e. The van der Waals surface area contributed by atoms with Crippen molar-refractivity contribution in [3.63, 3.8) is 0 Å². The van der Waals surface area contributed by atoms with E-state index in [-0.39, 0.29) is 11.8 Å². The lowest BCUT2D eigenvalue weighted by Crippen LogP contribution is -2.25. The van der Waals surface area contributed by atoms with Crippen molar-refractivity contribution in [1.29, 1.82) is 5.26 Å². The Bertz CT molecular complexity index is 469. The highest BCUT2D eigenvalue weighted by Gasteiger charge is 2.21. The lowest BCUT2D eigenvalue weighted by molar-refractivity contribution is -0.119. The van der Waals surface area contributed by atoms with Crippen molar-refractivity contribution >= 4 is 17.3 Å². The van der Waals surface area contributed by atoms with Crippen molar-refractivity contribution in [3.8, 4) is 6.07 Å². The Kier molecular flexibility index (Phi) is 6.05. The van der Waals surface area contributed by atoms with Crippen LogP contribution >= 0.6 is 0 Å². The molecule has 1 rings (SSSR count). The third kappa shape index (κ3) is 3.99. The molecule has 1 atom stereocenters. The van der Waals surface area contributed by atoms with E-state index in [0.717, 1.165) is 24.5 Å². The van der Waals surface area contributed by atoms with Crippen LogP contribution in [0.3, 0.4) is 0 Å². The summed E-state index contributed by atoms with van der Waals surface area (Å²) in [5, 5.41) is 11.8. The van der Waals surface area contributed by atoms with Gasteiger partial charge in [-0.25, -0.2) is 0 Å². The van der Waals surface area contributed by atoms with E-state index in [2.05, 4.69) is 24.1 Å². The number of nitriles is 1. The van der Waals surface area contributed by atoms with E-state index < -0.39 is 5.92 Å². The first kappa shape index (κ1) is 16.0. The van der Waals surface area contributed by atoms with Crippen molar-refractivity contribution in [2.75, 3.05) is 23.3 Å². The van der Waals surface area contributed by atoms with Crippen LogP contribution in [0.25, 0.3) is 0 Å². The van der Waals surface area contributed by atoms with Crippen LogP contribution < -0.4 is 10.2 Å². The summed E-state index contributed by atoms with van der Waals surface area (Å²) < 4.78 is 0. The molecule has 0 bridgehead atoms. The Hall–Kier alpha value is -2.02. The molecule has 0 spiro atoms. The van der Waals surface area contributed by atoms with Gasteiger partial charge in [-0.2, -0.15) is 5.26 Å². The normalized spacial score (nSPS) is 11.8. The second-order valence-electron chi connectivity index (χ2n) is 5.06. The molecular formula is C16H23N3O. The summed E-state index contributed by atoms with van der Waals surface area (Å²) in [6.45, 7) is 9.87. The first-order valence-corrected chi connectivity index (χ1v) is 7.08. The Balaban J connectivity index is 2.75. The van der Waals surface area contributed by atoms with Crippen LogP contribution in [0.1, 0.15) is 27.7 Å². The van der Waals surface area contributed by atoms with Gasteiger partial charge < -0.3 is 10.2 Å². The van der Waals surface area contributed by atoms with Crippen LogP contribution in [-0.4, -0.2) is 19.0 Å². The molecule has 20 heavy (non-hydrogen) atoms. The van der Waals surface area contributed by atoms with Crippen molar-refractivity contribution < 1.29 is 4.79 Å². The first-order valence-electron chi connectivity index (χ1n) is 7.08. The van der Waals surface area contributed by atoms with Crippen LogP contribution in [0, 0.1) is 23.2 Å². The Morgan fingerprint density at radius 1 is 1.25 bits per heavy atom. The summed E-state index contributed by atoms with van der Waals surface area (Å²) in [7, 11) is 0. The summed E-state index contributed by atoms with van der Waals surface area (Å²) in [4.78, 5) is 14.2. The number of rotatable bonds is 6. The van der Waals surface area contributed by atoms with E-state index in [9.17, 15) is 4.79 Å². The third-order valence-corrected chi connectivity index (χ3v) is 3.35. The highest BCUT2D eigenvalue weighted by atomic mass is 16.1. The summed E-state index contributed by atoms with van der Waals surface area (Å²) in [5.74, 6) is -0.842. The lowest BCUT2D eigenvalue weighted by atomic mass is 9.96. The molecule has 0 aliphatic heterocycles. The Labute approximate surface area is 121 Å². The number of benzene rings is 1. The SMILES string of the molecule is CCN(CC)c1ccc(NC(=O)C(C#N)C(C)C)cc1. The molecule has 1 N–H and O–H groups in total. The first-order chi connectivity index (χ1) is 9.53. The molecular weight excluding hydrogens is 250 g/mol. The topological polar surface area (TPSA) is 56.1 Å². The second-order valence-corrected chi connectivity index (χ2v) is 5.06. The molecule has 1 unspecified atom stereocenters. The van der Waals surface area contributed by atoms with Crippen LogP contribution in [0.5, 0.6) is 0 Å². The number of anilines is 2. The number of carbonyl (C=O) groups excluding carboxylic acids is 1. The molecule has 108 valence electrons. The van der Waals surface area contributed by atoms with E-state index in [1.807, 2.05) is 44.2 Å². The van der Waals surface area contributed by atoms with E-state index in [4.69, 9.17) is 5.26 Å². The zero-order valence-electron chi connectivity index (χ0n) is 12.7. The molecule has 0 saturated carbocycles. The Morgan fingerprint density at radius 3 is 2.20 bits per heavy atom. The number of hydrogen-bond acceptors (Lipinski definition) is 3. The molecule has 1 aromatic carbocycles. The monoisotopic (exact) mass is 273 g/mol. The lowest BCUT2D eigenvalue weighted by Gasteiger charge is -2.21. The van der Waals surface area contributed by atoms with Gasteiger partial charge >= 0.3 is 0 Å². The van der Waals surface area contributed by atoms with Gasteiger partial charge in [-0.1, -0.05) is 13.8 Å². The number of nitrogens with one attached hydrogen (secondary N) is 1. The van der Waals surface area contributed by atoms with Crippen molar-refractivity contribution in [2.45, 2.75) is 27.7 Å². The number of hydrogen-bond donors (Lipinski definition) is 1. The molecule has 0 saturated heterocycles. The zero-order chi connectivity index (χ0) is 15.1. The molecule has 0 heterocycles. The number of nitrogens with zero attached hydrogens (tertiary/aromatic N) is 2. The molecule has 0 aromatic heterocycles. The van der Waals surface area contributed by atoms with Crippen LogP contribution in [0.15, 0.2) is 24.3 Å². The highest BCUT2D eigenvalue weighted by molar-refractivity contribution is 5.94. The maximum Gasteiger partial charge on any atom is 0.241 e. The zero-order valence-corrected chi connectivity index (χ0v) is 12.7. The van der Waals surface area contributed by atoms with Gasteiger partial charge in [0.25, 0.3) is 0 Å². The quantitative estimate of drug-likeness (QED) is 0.865. The molecule has 0 aliphatic rings. The summed E-state index contributed by atoms with van der Waals surface area (Å²) in [5.41, 5.74) is 1.86. The maximum absolute atomic E-state index is 12.0. The summed E-state index contributed by atoms with van der Waals surface area (Å²) >= 11 is 0. The van der Waals surface area contributed by atoms with Crippen molar-refractivity contribution in [1.82, 2.24) is 0 Å². The predicted molar refractivity (Wildman–Crippen MR) is 82.6 cm³/mol. The molecule has 4 nitrogen and oxygen atoms in total. The van der Waals surface area contributed by atoms with Crippen molar-refractivity contribution in [3.05, 3.63) is 24.3 Å². The van der Waals surface area contributed by atoms with E-state index in [1.54, 1.807) is 0 Å². The van der Waals surface area contributed by atoms with Crippen molar-refractivity contribution in [2.24, 2.45) is 11.8 Å². The van der Waals surface area contributed by atoms with Gasteiger partial charge in [0.1, 0.15) is 5.92 Å². The van der Waals surface area contributed by atoms with Gasteiger partial charge in [0.05, 0.1) is 6.07 Å². The molecule has 0 fully saturated rings. The average molecular weight is 273 g/mol. The fourth-order valence-electron chi connectivity index (χ4n) is 2.07. The minimum atomic E-state index is -0.613. The fraction of sp³-hybridized carbons (Fsp3) is 0.500. The van der Waals surface area contributed by atoms with E-state index in [1.165, 1.54) is 0 Å². The number of amides is 1. The molecule has 1 amide bonds. The summed E-state index contributed by atoms with van der Waals surface area (Å²) in [6, 6.07) is 9.77. The fourth-order valence-corrected chi connectivity index (χ4v) is 2.07. The van der Waals surface area contributed by atoms with Crippen LogP contribution in [0.2, 0.25) is 0 Å². The molecule has 4 heteroatoms. The number of carbonyl (C=O) groups is 1. The van der Waals surface area contributed by atoms with Gasteiger partial charge in [-0.05, 0) is 44.0 Å². The van der Waals surface area contributed by atoms with E-state index in [0.29, 0.717) is 0 Å². The Morgan fingerprint density at radius 2 is 1.80 bits per heavy atom. The third-order valence-electron chi connectivity index (χ3n) is 3.35. The predicted octanol–water partition coefficient (Wildman–Crippen LogP) is 3.27. The van der Waals surface area contributed by atoms with Gasteiger partial charge in [0.15, 0.2) is 0 Å². The molecule has 0 radical (unpaired) electrons. The largest absolute Gasteiger partial charge is 0.372 e. The molecule has 0 aliphatic carbocycles. The van der Waals surface area contributed by atoms with E-state index >= 15 is 0 Å². The van der Waals surface area contributed by atoms with Gasteiger partial charge in [0.2, 0.25) is 5.91 Å². The van der Waals surface area contributed by atoms with Crippen LogP contribution in [0.4, 0.5) is 11.4 Å². The minimum absolute atomic E-state index is 0.00921. The standard InChI is InChI=1S/C16H23N3O/c1-5-19(6-2)14-9-7-13(8-10-14)18-16(20)15(11-17)12(3)4/h7-10,12,15H,5-6H2,1-4H3,(H,18,20). The van der Waals surface area contributed by atoms with Crippen LogP contribution in [-0.2, 0) is 4.79 Å². The average Bonchev–Trinajstić information content (AvgIpc) is 2.42. The molecule has 1 aromatic rings. The van der Waals surface area contributed by atoms with Gasteiger partial charge in [-0.3, -0.25) is 4.79 Å². The summed E-state index contributed by atoms with van der Waals surface area (Å²) in [6.07, 6.45) is 0.